The molecule has 3 heteroatoms. The molecule has 2 nitrogen and oxygen atoms in total. The minimum Gasteiger partial charge on any atom is -0.338 e. The van der Waals surface area contributed by atoms with E-state index < -0.39 is 0 Å². The lowest BCUT2D eigenvalue weighted by molar-refractivity contribution is -0.125. The van der Waals surface area contributed by atoms with Crippen molar-refractivity contribution in [1.82, 2.24) is 4.90 Å². The van der Waals surface area contributed by atoms with Crippen LogP contribution in [0.15, 0.2) is 12.2 Å². The van der Waals surface area contributed by atoms with Gasteiger partial charge in [0.15, 0.2) is 0 Å². The lowest BCUT2D eigenvalue weighted by atomic mass is 9.82. The van der Waals surface area contributed by atoms with Crippen molar-refractivity contribution in [2.75, 3.05) is 18.8 Å². The molecule has 0 radical (unpaired) electrons. The van der Waals surface area contributed by atoms with Crippen LogP contribution in [-0.4, -0.2) is 34.9 Å². The summed E-state index contributed by atoms with van der Waals surface area (Å²) in [5.41, 5.74) is 0. The van der Waals surface area contributed by atoms with Gasteiger partial charge in [0.25, 0.3) is 0 Å². The largest absolute Gasteiger partial charge is 0.338 e. The maximum absolute atomic E-state index is 12.3. The molecule has 0 aromatic heterocycles. The maximum atomic E-state index is 12.3. The summed E-state index contributed by atoms with van der Waals surface area (Å²) in [4.78, 5) is 14.3. The summed E-state index contributed by atoms with van der Waals surface area (Å²) in [6, 6.07) is 0. The average molecular weight is 295 g/mol. The fourth-order valence-corrected chi connectivity index (χ4v) is 4.67. The predicted molar refractivity (Wildman–Crippen MR) is 88.0 cm³/mol. The Hall–Kier alpha value is -0.440. The Balaban J connectivity index is 1.81. The summed E-state index contributed by atoms with van der Waals surface area (Å²) in [7, 11) is 0. The molecule has 0 N–H and O–H groups in total. The first-order chi connectivity index (χ1) is 9.69. The number of allylic oxidation sites excluding steroid dienone is 1. The lowest BCUT2D eigenvalue weighted by Gasteiger charge is -2.25. The summed E-state index contributed by atoms with van der Waals surface area (Å²) < 4.78 is 0. The van der Waals surface area contributed by atoms with Crippen LogP contribution >= 0.6 is 11.8 Å². The van der Waals surface area contributed by atoms with E-state index in [9.17, 15) is 4.79 Å². The molecule has 1 amide bonds. The van der Waals surface area contributed by atoms with Crippen molar-refractivity contribution in [3.05, 3.63) is 12.2 Å². The van der Waals surface area contributed by atoms with Crippen LogP contribution < -0.4 is 0 Å². The number of carbonyl (C=O) groups is 1. The first-order valence-electron chi connectivity index (χ1n) is 8.27. The quantitative estimate of drug-likeness (QED) is 0.711. The van der Waals surface area contributed by atoms with Gasteiger partial charge in [-0.15, -0.1) is 0 Å². The molecule has 114 valence electrons. The van der Waals surface area contributed by atoms with Gasteiger partial charge in [-0.2, -0.15) is 11.8 Å². The molecule has 1 aliphatic carbocycles. The van der Waals surface area contributed by atoms with E-state index in [-0.39, 0.29) is 5.91 Å². The summed E-state index contributed by atoms with van der Waals surface area (Å²) >= 11 is 2.03. The third kappa shape index (κ3) is 4.83. The fraction of sp³-hybridized carbons (Fsp3) is 0.824. The number of thioether (sulfide) groups is 1. The van der Waals surface area contributed by atoms with Crippen LogP contribution in [0.1, 0.15) is 52.4 Å². The first kappa shape index (κ1) is 15.9. The molecule has 1 heterocycles. The molecule has 0 aromatic carbocycles. The average Bonchev–Trinajstić information content (AvgIpc) is 2.95. The highest BCUT2D eigenvalue weighted by Gasteiger charge is 2.21. The second-order valence-electron chi connectivity index (χ2n) is 6.40. The van der Waals surface area contributed by atoms with Gasteiger partial charge in [-0.05, 0) is 56.3 Å². The zero-order valence-corrected chi connectivity index (χ0v) is 13.8. The van der Waals surface area contributed by atoms with Gasteiger partial charge in [-0.3, -0.25) is 4.79 Å². The molecule has 0 spiro atoms. The van der Waals surface area contributed by atoms with Gasteiger partial charge in [-0.25, -0.2) is 0 Å². The molecule has 1 saturated heterocycles. The highest BCUT2D eigenvalue weighted by Crippen LogP contribution is 2.29. The standard InChI is InChI=1S/C17H29NOS/c1-3-18(13-16-8-5-11-20-16)17(19)10-9-15-7-4-6-14(2)12-15/h9-10,14-16H,3-8,11-13H2,1-2H3/b10-9+. The van der Waals surface area contributed by atoms with E-state index in [2.05, 4.69) is 19.9 Å². The van der Waals surface area contributed by atoms with Crippen LogP contribution in [0, 0.1) is 11.8 Å². The van der Waals surface area contributed by atoms with Crippen LogP contribution in [0.3, 0.4) is 0 Å². The predicted octanol–water partition coefficient (Wildman–Crippen LogP) is 4.11. The van der Waals surface area contributed by atoms with Crippen molar-refractivity contribution < 1.29 is 4.79 Å². The highest BCUT2D eigenvalue weighted by atomic mass is 32.2. The molecule has 3 unspecified atom stereocenters. The second kappa shape index (κ2) is 8.11. The molecule has 2 fully saturated rings. The van der Waals surface area contributed by atoms with E-state index in [0.29, 0.717) is 11.2 Å². The zero-order chi connectivity index (χ0) is 14.4. The fourth-order valence-electron chi connectivity index (χ4n) is 3.39. The number of carbonyl (C=O) groups excluding carboxylic acids is 1. The van der Waals surface area contributed by atoms with E-state index in [1.165, 1.54) is 44.3 Å². The minimum atomic E-state index is 0.221. The van der Waals surface area contributed by atoms with Crippen LogP contribution in [0.4, 0.5) is 0 Å². The summed E-state index contributed by atoms with van der Waals surface area (Å²) in [6.07, 6.45) is 11.8. The van der Waals surface area contributed by atoms with Crippen molar-refractivity contribution in [2.45, 2.75) is 57.6 Å². The number of rotatable bonds is 5. The summed E-state index contributed by atoms with van der Waals surface area (Å²) in [6.45, 7) is 6.19. The Labute approximate surface area is 128 Å². The van der Waals surface area contributed by atoms with Crippen molar-refractivity contribution in [1.29, 1.82) is 0 Å². The SMILES string of the molecule is CCN(CC1CCCS1)C(=O)/C=C/C1CCCC(C)C1. The highest BCUT2D eigenvalue weighted by molar-refractivity contribution is 8.00. The van der Waals surface area contributed by atoms with Gasteiger partial charge >= 0.3 is 0 Å². The number of likely N-dealkylation sites (N-methyl/N-ethyl adjacent to an activating group) is 1. The molecule has 3 atom stereocenters. The van der Waals surface area contributed by atoms with Crippen LogP contribution in [0.25, 0.3) is 0 Å². The van der Waals surface area contributed by atoms with Crippen molar-refractivity contribution in [2.24, 2.45) is 11.8 Å². The monoisotopic (exact) mass is 295 g/mol. The van der Waals surface area contributed by atoms with Crippen molar-refractivity contribution in [3.8, 4) is 0 Å². The van der Waals surface area contributed by atoms with Crippen molar-refractivity contribution >= 4 is 17.7 Å². The third-order valence-corrected chi connectivity index (χ3v) is 6.01. The molecule has 0 aromatic rings. The van der Waals surface area contributed by atoms with Crippen LogP contribution in [0.5, 0.6) is 0 Å². The molecule has 2 rings (SSSR count). The topological polar surface area (TPSA) is 20.3 Å². The molecular weight excluding hydrogens is 266 g/mol. The van der Waals surface area contributed by atoms with E-state index in [1.54, 1.807) is 0 Å². The van der Waals surface area contributed by atoms with Gasteiger partial charge in [-0.1, -0.05) is 25.8 Å². The molecular formula is C17H29NOS. The Morgan fingerprint density at radius 1 is 1.30 bits per heavy atom. The Morgan fingerprint density at radius 2 is 2.15 bits per heavy atom. The molecule has 20 heavy (non-hydrogen) atoms. The second-order valence-corrected chi connectivity index (χ2v) is 7.81. The first-order valence-corrected chi connectivity index (χ1v) is 9.32. The zero-order valence-electron chi connectivity index (χ0n) is 13.0. The normalized spacial score (nSPS) is 30.8. The third-order valence-electron chi connectivity index (χ3n) is 4.63. The Kier molecular flexibility index (Phi) is 6.47. The summed E-state index contributed by atoms with van der Waals surface area (Å²) in [5, 5.41) is 0.669. The minimum absolute atomic E-state index is 0.221. The van der Waals surface area contributed by atoms with E-state index in [0.717, 1.165) is 19.0 Å². The van der Waals surface area contributed by atoms with E-state index in [1.807, 2.05) is 22.7 Å². The molecule has 1 saturated carbocycles. The number of hydrogen-bond acceptors (Lipinski definition) is 2. The number of nitrogens with zero attached hydrogens (tertiary/aromatic N) is 1. The van der Waals surface area contributed by atoms with Gasteiger partial charge in [0.1, 0.15) is 0 Å². The van der Waals surface area contributed by atoms with E-state index >= 15 is 0 Å². The van der Waals surface area contributed by atoms with Crippen molar-refractivity contribution in [3.63, 3.8) is 0 Å². The van der Waals surface area contributed by atoms with Crippen LogP contribution in [0.2, 0.25) is 0 Å². The maximum Gasteiger partial charge on any atom is 0.246 e. The molecule has 2 aliphatic rings. The van der Waals surface area contributed by atoms with Gasteiger partial charge in [0.05, 0.1) is 0 Å². The smallest absolute Gasteiger partial charge is 0.246 e. The molecule has 0 bridgehead atoms. The Morgan fingerprint density at radius 3 is 2.80 bits per heavy atom. The van der Waals surface area contributed by atoms with Gasteiger partial charge in [0, 0.05) is 18.3 Å². The Bertz CT molecular complexity index is 336. The number of amides is 1. The number of hydrogen-bond donors (Lipinski definition) is 0. The lowest BCUT2D eigenvalue weighted by Crippen LogP contribution is -2.34. The van der Waals surface area contributed by atoms with E-state index in [4.69, 9.17) is 0 Å². The van der Waals surface area contributed by atoms with Crippen LogP contribution in [-0.2, 0) is 4.79 Å². The molecule has 1 aliphatic heterocycles. The van der Waals surface area contributed by atoms with Gasteiger partial charge < -0.3 is 4.90 Å². The van der Waals surface area contributed by atoms with Gasteiger partial charge in [0.2, 0.25) is 5.91 Å². The summed E-state index contributed by atoms with van der Waals surface area (Å²) in [5.74, 6) is 2.94.